The zero-order chi connectivity index (χ0) is 23.1. The molecule has 0 aliphatic carbocycles. The van der Waals surface area contributed by atoms with Gasteiger partial charge in [0.1, 0.15) is 18.4 Å². The molecular weight excluding hydrogens is 406 g/mol. The molecule has 0 aliphatic rings. The van der Waals surface area contributed by atoms with E-state index in [1.54, 1.807) is 44.3 Å². The fourth-order valence-electron chi connectivity index (χ4n) is 3.04. The third kappa shape index (κ3) is 5.92. The summed E-state index contributed by atoms with van der Waals surface area (Å²) >= 11 is 0. The topological polar surface area (TPSA) is 93.0 Å². The molecule has 0 spiro atoms. The summed E-state index contributed by atoms with van der Waals surface area (Å²) in [5.74, 6) is 0.442. The van der Waals surface area contributed by atoms with Crippen molar-refractivity contribution in [3.8, 4) is 11.6 Å². The highest BCUT2D eigenvalue weighted by atomic mass is 16.6. The second-order valence-corrected chi connectivity index (χ2v) is 7.78. The van der Waals surface area contributed by atoms with Gasteiger partial charge in [0.2, 0.25) is 5.88 Å². The molecule has 0 fully saturated rings. The van der Waals surface area contributed by atoms with Crippen molar-refractivity contribution in [2.75, 3.05) is 7.11 Å². The Hall–Kier alpha value is -3.71. The number of benzene rings is 2. The summed E-state index contributed by atoms with van der Waals surface area (Å²) in [7, 11) is 1.49. The van der Waals surface area contributed by atoms with Gasteiger partial charge >= 0.3 is 0 Å². The van der Waals surface area contributed by atoms with E-state index in [0.29, 0.717) is 23.6 Å². The van der Waals surface area contributed by atoms with Crippen LogP contribution in [0.4, 0.5) is 0 Å². The van der Waals surface area contributed by atoms with E-state index in [-0.39, 0.29) is 11.8 Å². The molecule has 0 unspecified atom stereocenters. The summed E-state index contributed by atoms with van der Waals surface area (Å²) in [6, 6.07) is 18.1. The molecule has 0 radical (unpaired) electrons. The van der Waals surface area contributed by atoms with Crippen LogP contribution in [0, 0.1) is 0 Å². The number of oxime groups is 1. The van der Waals surface area contributed by atoms with E-state index >= 15 is 0 Å². The van der Waals surface area contributed by atoms with E-state index in [9.17, 15) is 9.90 Å². The van der Waals surface area contributed by atoms with Crippen LogP contribution in [0.2, 0.25) is 0 Å². The van der Waals surface area contributed by atoms with Gasteiger partial charge in [-0.25, -0.2) is 4.98 Å². The molecule has 0 saturated carbocycles. The van der Waals surface area contributed by atoms with Gasteiger partial charge in [0.15, 0.2) is 0 Å². The quantitative estimate of drug-likeness (QED) is 0.406. The molecule has 1 aromatic heterocycles. The second-order valence-electron chi connectivity index (χ2n) is 7.78. The highest BCUT2D eigenvalue weighted by Crippen LogP contribution is 2.24. The Bertz CT molecular complexity index is 1100. The smallest absolute Gasteiger partial charge is 0.257 e. The van der Waals surface area contributed by atoms with Crippen molar-refractivity contribution < 1.29 is 19.5 Å². The van der Waals surface area contributed by atoms with Gasteiger partial charge in [-0.05, 0) is 56.2 Å². The Balaban J connectivity index is 1.72. The van der Waals surface area contributed by atoms with E-state index in [4.69, 9.17) is 9.57 Å². The standard InChI is InChI=1S/C25H27N3O4/c1-17(28-31-4)19-7-5-8-21(15-19)32-24-22(9-6-14-26-24)23(29)27-16-18-10-12-20(13-11-18)25(2,3)30/h5-15,30H,16H2,1-4H3,(H,27,29). The van der Waals surface area contributed by atoms with Gasteiger partial charge in [0.05, 0.1) is 11.3 Å². The maximum atomic E-state index is 12.8. The Labute approximate surface area is 187 Å². The molecule has 0 saturated heterocycles. The first-order valence-electron chi connectivity index (χ1n) is 10.2. The number of hydrogen-bond donors (Lipinski definition) is 2. The molecule has 166 valence electrons. The lowest BCUT2D eigenvalue weighted by Crippen LogP contribution is -2.23. The number of aromatic nitrogens is 1. The zero-order valence-electron chi connectivity index (χ0n) is 18.6. The number of nitrogens with zero attached hydrogens (tertiary/aromatic N) is 2. The minimum absolute atomic E-state index is 0.209. The van der Waals surface area contributed by atoms with Crippen molar-refractivity contribution in [3.05, 3.63) is 89.1 Å². The van der Waals surface area contributed by atoms with Crippen LogP contribution in [0.15, 0.2) is 72.0 Å². The van der Waals surface area contributed by atoms with Crippen LogP contribution < -0.4 is 10.1 Å². The SMILES string of the molecule is CON=C(C)c1cccc(Oc2ncccc2C(=O)NCc2ccc(C(C)(C)O)cc2)c1. The van der Waals surface area contributed by atoms with Gasteiger partial charge in [0, 0.05) is 18.3 Å². The van der Waals surface area contributed by atoms with Gasteiger partial charge in [-0.2, -0.15) is 0 Å². The minimum Gasteiger partial charge on any atom is -0.438 e. The number of ether oxygens (including phenoxy) is 1. The predicted octanol–water partition coefficient (Wildman–Crippen LogP) is 4.40. The number of hydrogen-bond acceptors (Lipinski definition) is 6. The molecule has 1 amide bonds. The van der Waals surface area contributed by atoms with E-state index in [0.717, 1.165) is 16.7 Å². The molecular formula is C25H27N3O4. The van der Waals surface area contributed by atoms with E-state index < -0.39 is 5.60 Å². The van der Waals surface area contributed by atoms with Crippen molar-refractivity contribution in [2.45, 2.75) is 32.9 Å². The van der Waals surface area contributed by atoms with Crippen molar-refractivity contribution in [3.63, 3.8) is 0 Å². The number of aliphatic hydroxyl groups is 1. The van der Waals surface area contributed by atoms with Gasteiger partial charge in [-0.1, -0.05) is 41.6 Å². The molecule has 1 heterocycles. The lowest BCUT2D eigenvalue weighted by atomic mass is 9.97. The van der Waals surface area contributed by atoms with E-state index in [1.165, 1.54) is 7.11 Å². The third-order valence-corrected chi connectivity index (χ3v) is 4.82. The molecule has 0 atom stereocenters. The van der Waals surface area contributed by atoms with E-state index in [1.807, 2.05) is 43.3 Å². The highest BCUT2D eigenvalue weighted by molar-refractivity contribution is 5.98. The summed E-state index contributed by atoms with van der Waals surface area (Å²) in [6.07, 6.45) is 1.57. The number of rotatable bonds is 8. The molecule has 2 N–H and O–H groups in total. The van der Waals surface area contributed by atoms with Crippen molar-refractivity contribution in [1.82, 2.24) is 10.3 Å². The summed E-state index contributed by atoms with van der Waals surface area (Å²) < 4.78 is 5.91. The number of pyridine rings is 1. The monoisotopic (exact) mass is 433 g/mol. The van der Waals surface area contributed by atoms with Crippen LogP contribution in [0.3, 0.4) is 0 Å². The number of carbonyl (C=O) groups excluding carboxylic acids is 1. The van der Waals surface area contributed by atoms with Gasteiger partial charge < -0.3 is 20.0 Å². The molecule has 2 aromatic carbocycles. The fourth-order valence-corrected chi connectivity index (χ4v) is 3.04. The van der Waals surface area contributed by atoms with Crippen LogP contribution in [0.5, 0.6) is 11.6 Å². The van der Waals surface area contributed by atoms with Crippen LogP contribution in [-0.2, 0) is 17.0 Å². The normalized spacial score (nSPS) is 11.7. The molecule has 32 heavy (non-hydrogen) atoms. The van der Waals surface area contributed by atoms with Crippen LogP contribution in [-0.4, -0.2) is 28.8 Å². The zero-order valence-corrected chi connectivity index (χ0v) is 18.6. The molecule has 0 aliphatic heterocycles. The number of nitrogens with one attached hydrogen (secondary N) is 1. The number of amides is 1. The molecule has 7 nitrogen and oxygen atoms in total. The summed E-state index contributed by atoms with van der Waals surface area (Å²) in [5, 5.41) is 16.9. The largest absolute Gasteiger partial charge is 0.438 e. The van der Waals surface area contributed by atoms with Crippen LogP contribution in [0.25, 0.3) is 0 Å². The first kappa shape index (κ1) is 23.0. The van der Waals surface area contributed by atoms with Crippen LogP contribution >= 0.6 is 0 Å². The average Bonchev–Trinajstić information content (AvgIpc) is 2.78. The minimum atomic E-state index is -0.908. The first-order chi connectivity index (χ1) is 15.3. The summed E-state index contributed by atoms with van der Waals surface area (Å²) in [6.45, 7) is 5.63. The molecule has 3 rings (SSSR count). The molecule has 3 aromatic rings. The second kappa shape index (κ2) is 10.1. The lowest BCUT2D eigenvalue weighted by Gasteiger charge is -2.18. The highest BCUT2D eigenvalue weighted by Gasteiger charge is 2.16. The van der Waals surface area contributed by atoms with Gasteiger partial charge in [-0.15, -0.1) is 0 Å². The predicted molar refractivity (Wildman–Crippen MR) is 123 cm³/mol. The lowest BCUT2D eigenvalue weighted by molar-refractivity contribution is 0.0785. The van der Waals surface area contributed by atoms with Crippen LogP contribution in [0.1, 0.15) is 47.8 Å². The van der Waals surface area contributed by atoms with Gasteiger partial charge in [0.25, 0.3) is 5.91 Å². The fraction of sp³-hybridized carbons (Fsp3) is 0.240. The summed E-state index contributed by atoms with van der Waals surface area (Å²) in [5.41, 5.74) is 2.68. The Morgan fingerprint density at radius 2 is 1.88 bits per heavy atom. The van der Waals surface area contributed by atoms with Crippen molar-refractivity contribution in [1.29, 1.82) is 0 Å². The third-order valence-electron chi connectivity index (χ3n) is 4.82. The molecule has 7 heteroatoms. The van der Waals surface area contributed by atoms with E-state index in [2.05, 4.69) is 15.5 Å². The van der Waals surface area contributed by atoms with Gasteiger partial charge in [-0.3, -0.25) is 4.79 Å². The Kier molecular flexibility index (Phi) is 7.22. The Morgan fingerprint density at radius 3 is 2.56 bits per heavy atom. The Morgan fingerprint density at radius 1 is 1.12 bits per heavy atom. The first-order valence-corrected chi connectivity index (χ1v) is 10.2. The maximum absolute atomic E-state index is 12.8. The molecule has 0 bridgehead atoms. The van der Waals surface area contributed by atoms with Crippen molar-refractivity contribution in [2.24, 2.45) is 5.16 Å². The number of carbonyl (C=O) groups is 1. The summed E-state index contributed by atoms with van der Waals surface area (Å²) in [4.78, 5) is 21.9. The average molecular weight is 434 g/mol. The van der Waals surface area contributed by atoms with Crippen molar-refractivity contribution >= 4 is 11.6 Å². The maximum Gasteiger partial charge on any atom is 0.257 e.